The molecule has 28 heavy (non-hydrogen) atoms. The summed E-state index contributed by atoms with van der Waals surface area (Å²) in [7, 11) is 3.24. The van der Waals surface area contributed by atoms with Gasteiger partial charge in [-0.1, -0.05) is 12.1 Å². The number of methoxy groups -OCH3 is 2. The highest BCUT2D eigenvalue weighted by atomic mass is 32.1. The summed E-state index contributed by atoms with van der Waals surface area (Å²) < 4.78 is 12.7. The molecule has 1 amide bonds. The van der Waals surface area contributed by atoms with Crippen LogP contribution in [-0.4, -0.2) is 34.9 Å². The summed E-state index contributed by atoms with van der Waals surface area (Å²) in [6, 6.07) is 15.1. The van der Waals surface area contributed by atoms with Gasteiger partial charge in [0.25, 0.3) is 0 Å². The fourth-order valence-electron chi connectivity index (χ4n) is 2.77. The van der Waals surface area contributed by atoms with Gasteiger partial charge in [0.2, 0.25) is 5.91 Å². The van der Waals surface area contributed by atoms with Gasteiger partial charge in [-0.05, 0) is 54.2 Å². The molecule has 1 heterocycles. The average molecular weight is 398 g/mol. The Morgan fingerprint density at radius 3 is 2.61 bits per heavy atom. The van der Waals surface area contributed by atoms with E-state index in [9.17, 15) is 4.79 Å². The smallest absolute Gasteiger partial charge is 0.222 e. The van der Waals surface area contributed by atoms with E-state index < -0.39 is 0 Å². The Morgan fingerprint density at radius 2 is 1.89 bits per heavy atom. The quantitative estimate of drug-likeness (QED) is 0.569. The number of carbonyl (C=O) groups excluding carboxylic acids is 1. The largest absolute Gasteiger partial charge is 0.497 e. The van der Waals surface area contributed by atoms with Crippen molar-refractivity contribution in [2.24, 2.45) is 0 Å². The van der Waals surface area contributed by atoms with E-state index in [4.69, 9.17) is 21.7 Å². The number of nitrogens with zero attached hydrogens (tertiary/aromatic N) is 2. The molecule has 3 aromatic rings. The lowest BCUT2D eigenvalue weighted by atomic mass is 10.2. The Hall–Kier alpha value is -3.13. The molecule has 0 radical (unpaired) electrons. The first-order valence-electron chi connectivity index (χ1n) is 8.80. The van der Waals surface area contributed by atoms with Gasteiger partial charge in [-0.3, -0.25) is 14.5 Å². The van der Waals surface area contributed by atoms with E-state index in [0.717, 1.165) is 22.6 Å². The second kappa shape index (κ2) is 9.18. The van der Waals surface area contributed by atoms with Gasteiger partial charge >= 0.3 is 0 Å². The van der Waals surface area contributed by atoms with Crippen LogP contribution in [0, 0.1) is 4.77 Å². The topological polar surface area (TPSA) is 81.2 Å². The maximum Gasteiger partial charge on any atom is 0.222 e. The van der Waals surface area contributed by atoms with E-state index in [1.165, 1.54) is 0 Å². The molecule has 0 bridgehead atoms. The molecule has 0 saturated heterocycles. The Balaban J connectivity index is 1.61. The molecule has 146 valence electrons. The molecule has 0 aliphatic heterocycles. The van der Waals surface area contributed by atoms with Crippen molar-refractivity contribution < 1.29 is 14.3 Å². The van der Waals surface area contributed by atoms with Crippen LogP contribution in [0.5, 0.6) is 11.5 Å². The number of ether oxygens (including phenoxy) is 2. The van der Waals surface area contributed by atoms with Crippen molar-refractivity contribution in [2.45, 2.75) is 19.5 Å². The minimum atomic E-state index is -0.0633. The summed E-state index contributed by atoms with van der Waals surface area (Å²) >= 11 is 5.32. The molecule has 3 rings (SSSR count). The van der Waals surface area contributed by atoms with E-state index in [1.54, 1.807) is 14.2 Å². The van der Waals surface area contributed by atoms with Crippen LogP contribution in [0.2, 0.25) is 0 Å². The molecule has 0 spiro atoms. The highest BCUT2D eigenvalue weighted by Crippen LogP contribution is 2.21. The number of H-pyrrole nitrogens is 1. The second-order valence-electron chi connectivity index (χ2n) is 6.11. The van der Waals surface area contributed by atoms with Gasteiger partial charge in [-0.2, -0.15) is 5.10 Å². The molecule has 7 nitrogen and oxygen atoms in total. The molecule has 8 heteroatoms. The van der Waals surface area contributed by atoms with Gasteiger partial charge in [0.15, 0.2) is 10.6 Å². The highest BCUT2D eigenvalue weighted by Gasteiger charge is 2.11. The predicted octanol–water partition coefficient (Wildman–Crippen LogP) is 3.33. The Morgan fingerprint density at radius 1 is 1.14 bits per heavy atom. The number of nitrogens with one attached hydrogen (secondary N) is 2. The summed E-state index contributed by atoms with van der Waals surface area (Å²) in [6.45, 7) is 0.874. The zero-order valence-electron chi connectivity index (χ0n) is 15.8. The van der Waals surface area contributed by atoms with Crippen LogP contribution in [0.4, 0.5) is 0 Å². The zero-order chi connectivity index (χ0) is 19.9. The molecule has 0 aliphatic carbocycles. The fourth-order valence-corrected chi connectivity index (χ4v) is 2.99. The number of hydrogen-bond donors (Lipinski definition) is 2. The lowest BCUT2D eigenvalue weighted by molar-refractivity contribution is -0.121. The van der Waals surface area contributed by atoms with Crippen LogP contribution in [0.25, 0.3) is 11.4 Å². The van der Waals surface area contributed by atoms with Crippen LogP contribution in [-0.2, 0) is 17.9 Å². The van der Waals surface area contributed by atoms with Crippen LogP contribution >= 0.6 is 12.2 Å². The van der Waals surface area contributed by atoms with E-state index in [-0.39, 0.29) is 5.91 Å². The highest BCUT2D eigenvalue weighted by molar-refractivity contribution is 7.71. The predicted molar refractivity (Wildman–Crippen MR) is 109 cm³/mol. The maximum absolute atomic E-state index is 12.3. The third-order valence-corrected chi connectivity index (χ3v) is 4.60. The second-order valence-corrected chi connectivity index (χ2v) is 6.50. The van der Waals surface area contributed by atoms with E-state index >= 15 is 0 Å². The first kappa shape index (κ1) is 19.6. The summed E-state index contributed by atoms with van der Waals surface area (Å²) in [5, 5.41) is 10.0. The number of hydrogen-bond acceptors (Lipinski definition) is 5. The summed E-state index contributed by atoms with van der Waals surface area (Å²) in [5.74, 6) is 2.15. The van der Waals surface area contributed by atoms with Gasteiger partial charge < -0.3 is 14.8 Å². The van der Waals surface area contributed by atoms with Crippen molar-refractivity contribution in [3.05, 3.63) is 58.9 Å². The van der Waals surface area contributed by atoms with E-state index in [1.807, 2.05) is 53.1 Å². The maximum atomic E-state index is 12.3. The molecule has 2 aromatic carbocycles. The molecule has 1 aromatic heterocycles. The normalized spacial score (nSPS) is 10.5. The summed E-state index contributed by atoms with van der Waals surface area (Å²) in [5.41, 5.74) is 1.87. The Bertz CT molecular complexity index is 995. The average Bonchev–Trinajstić information content (AvgIpc) is 3.11. The minimum Gasteiger partial charge on any atom is -0.497 e. The van der Waals surface area contributed by atoms with Crippen molar-refractivity contribution in [3.8, 4) is 22.9 Å². The van der Waals surface area contributed by atoms with Crippen molar-refractivity contribution >= 4 is 18.1 Å². The summed E-state index contributed by atoms with van der Waals surface area (Å²) in [4.78, 5) is 12.3. The van der Waals surface area contributed by atoms with Crippen molar-refractivity contribution in [3.63, 3.8) is 0 Å². The van der Waals surface area contributed by atoms with Crippen molar-refractivity contribution in [1.29, 1.82) is 0 Å². The standard InChI is InChI=1S/C20H22N4O3S/c1-26-16-8-6-15(7-9-16)19-22-23-20(28)24(19)11-10-18(25)21-13-14-4-3-5-17(12-14)27-2/h3-9,12H,10-11,13H2,1-2H3,(H,21,25)(H,23,28). The molecule has 0 unspecified atom stereocenters. The number of aromatic nitrogens is 3. The van der Waals surface area contributed by atoms with Crippen molar-refractivity contribution in [1.82, 2.24) is 20.1 Å². The zero-order valence-corrected chi connectivity index (χ0v) is 16.6. The fraction of sp³-hybridized carbons (Fsp3) is 0.250. The van der Waals surface area contributed by atoms with Crippen molar-refractivity contribution in [2.75, 3.05) is 14.2 Å². The number of carbonyl (C=O) groups is 1. The molecule has 0 atom stereocenters. The number of aromatic amines is 1. The van der Waals surface area contributed by atoms with Gasteiger partial charge in [0.05, 0.1) is 14.2 Å². The molecule has 0 saturated carbocycles. The van der Waals surface area contributed by atoms with Gasteiger partial charge in [0, 0.05) is 25.1 Å². The lowest BCUT2D eigenvalue weighted by Crippen LogP contribution is -2.24. The van der Waals surface area contributed by atoms with Crippen LogP contribution in [0.15, 0.2) is 48.5 Å². The molecule has 0 fully saturated rings. The summed E-state index contributed by atoms with van der Waals surface area (Å²) in [6.07, 6.45) is 0.293. The van der Waals surface area contributed by atoms with E-state index in [2.05, 4.69) is 15.5 Å². The molecule has 2 N–H and O–H groups in total. The van der Waals surface area contributed by atoms with Gasteiger partial charge in [-0.25, -0.2) is 0 Å². The number of benzene rings is 2. The first-order valence-corrected chi connectivity index (χ1v) is 9.21. The van der Waals surface area contributed by atoms with Crippen LogP contribution in [0.3, 0.4) is 0 Å². The number of amides is 1. The van der Waals surface area contributed by atoms with Crippen LogP contribution < -0.4 is 14.8 Å². The number of rotatable bonds is 8. The van der Waals surface area contributed by atoms with E-state index in [0.29, 0.717) is 30.1 Å². The lowest BCUT2D eigenvalue weighted by Gasteiger charge is -2.09. The van der Waals surface area contributed by atoms with Gasteiger partial charge in [0.1, 0.15) is 11.5 Å². The molecular weight excluding hydrogens is 376 g/mol. The Labute approximate surface area is 168 Å². The molecular formula is C20H22N4O3S. The van der Waals surface area contributed by atoms with Crippen LogP contribution in [0.1, 0.15) is 12.0 Å². The third kappa shape index (κ3) is 4.77. The Kier molecular flexibility index (Phi) is 6.44. The molecule has 0 aliphatic rings. The minimum absolute atomic E-state index is 0.0633. The third-order valence-electron chi connectivity index (χ3n) is 4.29. The monoisotopic (exact) mass is 398 g/mol. The first-order chi connectivity index (χ1) is 13.6. The van der Waals surface area contributed by atoms with Gasteiger partial charge in [-0.15, -0.1) is 0 Å². The SMILES string of the molecule is COc1ccc(-c2n[nH]c(=S)n2CCC(=O)NCc2cccc(OC)c2)cc1.